The maximum absolute atomic E-state index is 12.0. The van der Waals surface area contributed by atoms with Crippen molar-refractivity contribution in [2.45, 2.75) is 58.7 Å². The zero-order valence-corrected chi connectivity index (χ0v) is 12.2. The molecule has 2 unspecified atom stereocenters. The minimum absolute atomic E-state index is 0.0869. The van der Waals surface area contributed by atoms with Gasteiger partial charge in [0.25, 0.3) is 0 Å². The van der Waals surface area contributed by atoms with Gasteiger partial charge in [-0.2, -0.15) is 0 Å². The van der Waals surface area contributed by atoms with Crippen LogP contribution in [0.2, 0.25) is 0 Å². The predicted molar refractivity (Wildman–Crippen MR) is 71.0 cm³/mol. The standard InChI is InChI=1S/C13H24N2O4/c1-8-13(5,6-7-19-8)15-11(18)14-9(10(16)17)12(2,3)4/h8-9H,6-7H2,1-5H3,(H,16,17)(H2,14,15,18)/t8?,9-,13?/m0/s1. The Bertz CT molecular complexity index is 364. The van der Waals surface area contributed by atoms with Gasteiger partial charge in [0.05, 0.1) is 11.6 Å². The molecule has 2 amide bonds. The van der Waals surface area contributed by atoms with E-state index in [9.17, 15) is 9.59 Å². The number of carboxylic acid groups (broad SMARTS) is 1. The molecule has 0 spiro atoms. The number of carbonyl (C=O) groups excluding carboxylic acids is 1. The van der Waals surface area contributed by atoms with E-state index >= 15 is 0 Å². The van der Waals surface area contributed by atoms with Crippen molar-refractivity contribution in [1.82, 2.24) is 10.6 Å². The summed E-state index contributed by atoms with van der Waals surface area (Å²) in [6.07, 6.45) is 0.630. The van der Waals surface area contributed by atoms with Crippen LogP contribution in [0.4, 0.5) is 4.79 Å². The van der Waals surface area contributed by atoms with Crippen molar-refractivity contribution in [2.75, 3.05) is 6.61 Å². The van der Waals surface area contributed by atoms with Crippen LogP contribution in [0.15, 0.2) is 0 Å². The van der Waals surface area contributed by atoms with Crippen molar-refractivity contribution in [2.24, 2.45) is 5.41 Å². The van der Waals surface area contributed by atoms with Gasteiger partial charge in [-0.15, -0.1) is 0 Å². The number of nitrogens with one attached hydrogen (secondary N) is 2. The van der Waals surface area contributed by atoms with Crippen LogP contribution in [0.3, 0.4) is 0 Å². The van der Waals surface area contributed by atoms with Crippen LogP contribution in [-0.4, -0.2) is 41.4 Å². The second-order valence-electron chi connectivity index (χ2n) is 6.42. The van der Waals surface area contributed by atoms with E-state index in [2.05, 4.69) is 10.6 Å². The second-order valence-corrected chi connectivity index (χ2v) is 6.42. The lowest BCUT2D eigenvalue weighted by Crippen LogP contribution is -2.58. The first-order valence-electron chi connectivity index (χ1n) is 6.49. The molecule has 0 aromatic carbocycles. The summed E-state index contributed by atoms with van der Waals surface area (Å²) in [7, 11) is 0. The molecule has 1 saturated heterocycles. The number of rotatable bonds is 3. The molecular weight excluding hydrogens is 248 g/mol. The molecule has 19 heavy (non-hydrogen) atoms. The van der Waals surface area contributed by atoms with Crippen molar-refractivity contribution in [3.8, 4) is 0 Å². The van der Waals surface area contributed by atoms with Crippen LogP contribution in [0.25, 0.3) is 0 Å². The lowest BCUT2D eigenvalue weighted by molar-refractivity contribution is -0.141. The van der Waals surface area contributed by atoms with Crippen molar-refractivity contribution in [1.29, 1.82) is 0 Å². The quantitative estimate of drug-likeness (QED) is 0.723. The minimum Gasteiger partial charge on any atom is -0.480 e. The summed E-state index contributed by atoms with van der Waals surface area (Å²) in [6.45, 7) is 9.71. The molecule has 6 nitrogen and oxygen atoms in total. The van der Waals surface area contributed by atoms with E-state index in [4.69, 9.17) is 9.84 Å². The average molecular weight is 272 g/mol. The molecule has 0 radical (unpaired) electrons. The van der Waals surface area contributed by atoms with Gasteiger partial charge in [0.2, 0.25) is 0 Å². The minimum atomic E-state index is -1.04. The van der Waals surface area contributed by atoms with Gasteiger partial charge in [0.1, 0.15) is 6.04 Å². The predicted octanol–water partition coefficient (Wildman–Crippen LogP) is 1.35. The molecule has 0 bridgehead atoms. The Balaban J connectivity index is 2.66. The van der Waals surface area contributed by atoms with E-state index in [0.717, 1.165) is 6.42 Å². The summed E-state index contributed by atoms with van der Waals surface area (Å²) in [5.74, 6) is -1.04. The van der Waals surface area contributed by atoms with Gasteiger partial charge in [0.15, 0.2) is 0 Å². The maximum atomic E-state index is 12.0. The van der Waals surface area contributed by atoms with Gasteiger partial charge in [-0.1, -0.05) is 20.8 Å². The summed E-state index contributed by atoms with van der Waals surface area (Å²) < 4.78 is 5.43. The summed E-state index contributed by atoms with van der Waals surface area (Å²) in [6, 6.07) is -1.41. The number of ether oxygens (including phenoxy) is 1. The number of hydrogen-bond acceptors (Lipinski definition) is 3. The molecule has 1 heterocycles. The fourth-order valence-corrected chi connectivity index (χ4v) is 2.07. The number of amides is 2. The molecule has 3 atom stereocenters. The van der Waals surface area contributed by atoms with Gasteiger partial charge in [0, 0.05) is 6.61 Å². The number of hydrogen-bond donors (Lipinski definition) is 3. The third-order valence-corrected chi connectivity index (χ3v) is 3.67. The zero-order chi connectivity index (χ0) is 14.8. The SMILES string of the molecule is CC1OCCC1(C)NC(=O)N[C@@H](C(=O)O)C(C)(C)C. The normalized spacial score (nSPS) is 28.8. The van der Waals surface area contributed by atoms with E-state index in [0.29, 0.717) is 6.61 Å². The Labute approximate surface area is 113 Å². The van der Waals surface area contributed by atoms with Crippen LogP contribution >= 0.6 is 0 Å². The number of aliphatic carboxylic acids is 1. The average Bonchev–Trinajstić information content (AvgIpc) is 2.53. The van der Waals surface area contributed by atoms with Gasteiger partial charge in [-0.3, -0.25) is 0 Å². The Kier molecular flexibility index (Phi) is 4.45. The molecule has 0 aliphatic carbocycles. The van der Waals surface area contributed by atoms with Crippen molar-refractivity contribution < 1.29 is 19.4 Å². The molecule has 6 heteroatoms. The topological polar surface area (TPSA) is 87.7 Å². The molecule has 1 aliphatic heterocycles. The first kappa shape index (κ1) is 15.8. The van der Waals surface area contributed by atoms with E-state index < -0.39 is 29.0 Å². The molecule has 1 aliphatic rings. The van der Waals surface area contributed by atoms with Crippen molar-refractivity contribution >= 4 is 12.0 Å². The van der Waals surface area contributed by atoms with Gasteiger partial charge in [-0.25, -0.2) is 9.59 Å². The highest BCUT2D eigenvalue weighted by Gasteiger charge is 2.40. The molecule has 1 rings (SSSR count). The lowest BCUT2D eigenvalue weighted by Gasteiger charge is -2.32. The van der Waals surface area contributed by atoms with E-state index in [-0.39, 0.29) is 6.10 Å². The second kappa shape index (κ2) is 5.36. The maximum Gasteiger partial charge on any atom is 0.326 e. The molecule has 0 saturated carbocycles. The number of carboxylic acids is 1. The van der Waals surface area contributed by atoms with Crippen LogP contribution in [0.5, 0.6) is 0 Å². The first-order chi connectivity index (χ1) is 8.56. The summed E-state index contributed by atoms with van der Waals surface area (Å²) in [5, 5.41) is 14.5. The number of carbonyl (C=O) groups is 2. The molecule has 1 fully saturated rings. The molecule has 110 valence electrons. The van der Waals surface area contributed by atoms with E-state index in [1.165, 1.54) is 0 Å². The van der Waals surface area contributed by atoms with E-state index in [1.807, 2.05) is 13.8 Å². The van der Waals surface area contributed by atoms with Crippen LogP contribution in [-0.2, 0) is 9.53 Å². The van der Waals surface area contributed by atoms with Gasteiger partial charge in [-0.05, 0) is 25.7 Å². The summed E-state index contributed by atoms with van der Waals surface area (Å²) in [4.78, 5) is 23.2. The molecule has 0 aromatic heterocycles. The van der Waals surface area contributed by atoms with Crippen LogP contribution in [0.1, 0.15) is 41.0 Å². The largest absolute Gasteiger partial charge is 0.480 e. The fraction of sp³-hybridized carbons (Fsp3) is 0.846. The smallest absolute Gasteiger partial charge is 0.326 e. The molecule has 3 N–H and O–H groups in total. The van der Waals surface area contributed by atoms with Crippen LogP contribution in [0, 0.1) is 5.41 Å². The third-order valence-electron chi connectivity index (χ3n) is 3.67. The Morgan fingerprint density at radius 3 is 2.37 bits per heavy atom. The number of urea groups is 1. The fourth-order valence-electron chi connectivity index (χ4n) is 2.07. The molecular formula is C13H24N2O4. The monoisotopic (exact) mass is 272 g/mol. The third kappa shape index (κ3) is 3.83. The van der Waals surface area contributed by atoms with Gasteiger partial charge >= 0.3 is 12.0 Å². The van der Waals surface area contributed by atoms with Crippen molar-refractivity contribution in [3.63, 3.8) is 0 Å². The van der Waals surface area contributed by atoms with E-state index in [1.54, 1.807) is 20.8 Å². The van der Waals surface area contributed by atoms with Crippen molar-refractivity contribution in [3.05, 3.63) is 0 Å². The molecule has 0 aromatic rings. The Morgan fingerprint density at radius 2 is 2.00 bits per heavy atom. The first-order valence-corrected chi connectivity index (χ1v) is 6.49. The highest BCUT2D eigenvalue weighted by Crippen LogP contribution is 2.25. The van der Waals surface area contributed by atoms with Crippen LogP contribution < -0.4 is 10.6 Å². The lowest BCUT2D eigenvalue weighted by atomic mass is 9.87. The summed E-state index contributed by atoms with van der Waals surface area (Å²) >= 11 is 0. The highest BCUT2D eigenvalue weighted by molar-refractivity contribution is 5.83. The zero-order valence-electron chi connectivity index (χ0n) is 12.2. The summed E-state index contributed by atoms with van der Waals surface area (Å²) in [5.41, 5.74) is -1.01. The highest BCUT2D eigenvalue weighted by atomic mass is 16.5. The Hall–Kier alpha value is -1.30. The Morgan fingerprint density at radius 1 is 1.42 bits per heavy atom. The van der Waals surface area contributed by atoms with Gasteiger partial charge < -0.3 is 20.5 Å².